The number of halogens is 1. The molecule has 0 aliphatic heterocycles. The molecule has 0 heterocycles. The Morgan fingerprint density at radius 1 is 1.00 bits per heavy atom. The molecular formula is C6H13ClN2O4S2. The lowest BCUT2D eigenvalue weighted by Crippen LogP contribution is -2.33. The number of rotatable bonds is 7. The van der Waals surface area contributed by atoms with Crippen LogP contribution in [0.15, 0.2) is 0 Å². The van der Waals surface area contributed by atoms with Crippen LogP contribution >= 0.6 is 34.0 Å². The number of carboxylic acids is 2. The fourth-order valence-corrected chi connectivity index (χ4v) is 2.61. The number of carbonyl (C=O) groups is 2. The first-order chi connectivity index (χ1) is 6.45. The van der Waals surface area contributed by atoms with Crippen LogP contribution in [0.5, 0.6) is 0 Å². The molecule has 0 aromatic heterocycles. The molecule has 0 aromatic carbocycles. The van der Waals surface area contributed by atoms with Gasteiger partial charge in [-0.1, -0.05) is 21.6 Å². The molecule has 6 nitrogen and oxygen atoms in total. The summed E-state index contributed by atoms with van der Waals surface area (Å²) >= 11 is 0. The summed E-state index contributed by atoms with van der Waals surface area (Å²) in [7, 11) is 2.41. The Labute approximate surface area is 101 Å². The van der Waals surface area contributed by atoms with Crippen LogP contribution in [-0.2, 0) is 9.59 Å². The third-order valence-corrected chi connectivity index (χ3v) is 3.69. The SMILES string of the molecule is Cl.N[C@H](CSSC[C@@H](N)C(=O)O)C(=O)O. The first-order valence-corrected chi connectivity index (χ1v) is 6.15. The van der Waals surface area contributed by atoms with Crippen LogP contribution in [0, 0.1) is 0 Å². The van der Waals surface area contributed by atoms with Crippen LogP contribution in [0.1, 0.15) is 0 Å². The van der Waals surface area contributed by atoms with Crippen molar-refractivity contribution in [3.05, 3.63) is 0 Å². The average molecular weight is 277 g/mol. The summed E-state index contributed by atoms with van der Waals surface area (Å²) < 4.78 is 0. The minimum absolute atomic E-state index is 0. The molecule has 0 radical (unpaired) electrons. The third-order valence-electron chi connectivity index (χ3n) is 1.21. The molecule has 15 heavy (non-hydrogen) atoms. The second kappa shape index (κ2) is 9.10. The Morgan fingerprint density at radius 2 is 1.27 bits per heavy atom. The molecule has 0 unspecified atom stereocenters. The van der Waals surface area contributed by atoms with Gasteiger partial charge >= 0.3 is 11.9 Å². The van der Waals surface area contributed by atoms with E-state index >= 15 is 0 Å². The van der Waals surface area contributed by atoms with Gasteiger partial charge in [0, 0.05) is 11.5 Å². The summed E-state index contributed by atoms with van der Waals surface area (Å²) in [6.45, 7) is 0. The van der Waals surface area contributed by atoms with Gasteiger partial charge in [-0.15, -0.1) is 12.4 Å². The Kier molecular flexibility index (Phi) is 10.5. The normalized spacial score (nSPS) is 13.7. The molecule has 0 fully saturated rings. The Hall–Kier alpha value is -0.150. The molecule has 0 rings (SSSR count). The molecule has 2 atom stereocenters. The van der Waals surface area contributed by atoms with Gasteiger partial charge in [0.15, 0.2) is 0 Å². The first kappa shape index (κ1) is 17.3. The van der Waals surface area contributed by atoms with Crippen LogP contribution in [0.4, 0.5) is 0 Å². The van der Waals surface area contributed by atoms with Crippen LogP contribution < -0.4 is 11.5 Å². The quantitative estimate of drug-likeness (QED) is 0.366. The lowest BCUT2D eigenvalue weighted by molar-refractivity contribution is -0.138. The van der Waals surface area contributed by atoms with Gasteiger partial charge in [-0.25, -0.2) is 0 Å². The molecule has 9 heteroatoms. The highest BCUT2D eigenvalue weighted by Crippen LogP contribution is 2.22. The summed E-state index contributed by atoms with van der Waals surface area (Å²) in [4.78, 5) is 20.5. The molecule has 90 valence electrons. The fourth-order valence-electron chi connectivity index (χ4n) is 0.385. The largest absolute Gasteiger partial charge is 0.480 e. The van der Waals surface area contributed by atoms with Crippen molar-refractivity contribution in [1.82, 2.24) is 0 Å². The molecule has 0 bridgehead atoms. The zero-order valence-corrected chi connectivity index (χ0v) is 10.1. The molecule has 0 saturated heterocycles. The van der Waals surface area contributed by atoms with Crippen molar-refractivity contribution in [2.45, 2.75) is 12.1 Å². The van der Waals surface area contributed by atoms with Gasteiger partial charge in [0.2, 0.25) is 0 Å². The maximum absolute atomic E-state index is 10.3. The highest BCUT2D eigenvalue weighted by atomic mass is 35.5. The zero-order valence-electron chi connectivity index (χ0n) is 7.66. The number of nitrogens with two attached hydrogens (primary N) is 2. The first-order valence-electron chi connectivity index (χ1n) is 3.66. The number of carboxylic acid groups (broad SMARTS) is 2. The van der Waals surface area contributed by atoms with E-state index in [1.807, 2.05) is 0 Å². The molecule has 0 aliphatic carbocycles. The van der Waals surface area contributed by atoms with Crippen molar-refractivity contribution in [3.63, 3.8) is 0 Å². The summed E-state index contributed by atoms with van der Waals surface area (Å²) in [5.74, 6) is -1.68. The van der Waals surface area contributed by atoms with Crippen molar-refractivity contribution in [2.75, 3.05) is 11.5 Å². The predicted octanol–water partition coefficient (Wildman–Crippen LogP) is -0.387. The summed E-state index contributed by atoms with van der Waals surface area (Å²) in [5.41, 5.74) is 10.4. The second-order valence-corrected chi connectivity index (χ2v) is 5.01. The Balaban J connectivity index is 0. The second-order valence-electron chi connectivity index (χ2n) is 2.46. The summed E-state index contributed by atoms with van der Waals surface area (Å²) in [5, 5.41) is 16.8. The van der Waals surface area contributed by atoms with Crippen molar-refractivity contribution in [1.29, 1.82) is 0 Å². The Bertz CT molecular complexity index is 197. The van der Waals surface area contributed by atoms with Gasteiger partial charge in [0.25, 0.3) is 0 Å². The fraction of sp³-hybridized carbons (Fsp3) is 0.667. The molecule has 0 amide bonds. The minimum Gasteiger partial charge on any atom is -0.480 e. The van der Waals surface area contributed by atoms with E-state index in [4.69, 9.17) is 21.7 Å². The molecule has 0 aliphatic rings. The van der Waals surface area contributed by atoms with E-state index in [-0.39, 0.29) is 23.9 Å². The number of hydrogen-bond donors (Lipinski definition) is 4. The maximum Gasteiger partial charge on any atom is 0.321 e. The molecule has 0 saturated carbocycles. The van der Waals surface area contributed by atoms with Crippen molar-refractivity contribution in [2.24, 2.45) is 11.5 Å². The summed E-state index contributed by atoms with van der Waals surface area (Å²) in [6.07, 6.45) is 0. The van der Waals surface area contributed by atoms with E-state index in [0.29, 0.717) is 0 Å². The van der Waals surface area contributed by atoms with E-state index in [1.54, 1.807) is 0 Å². The average Bonchev–Trinajstić information content (AvgIpc) is 2.11. The maximum atomic E-state index is 10.3. The molecule has 0 aromatic rings. The van der Waals surface area contributed by atoms with Gasteiger partial charge in [-0.05, 0) is 0 Å². The smallest absolute Gasteiger partial charge is 0.321 e. The van der Waals surface area contributed by atoms with E-state index in [1.165, 1.54) is 21.6 Å². The third kappa shape index (κ3) is 8.82. The van der Waals surface area contributed by atoms with E-state index in [2.05, 4.69) is 0 Å². The van der Waals surface area contributed by atoms with Crippen LogP contribution in [0.25, 0.3) is 0 Å². The minimum atomic E-state index is -1.07. The van der Waals surface area contributed by atoms with E-state index < -0.39 is 24.0 Å². The predicted molar refractivity (Wildman–Crippen MR) is 63.4 cm³/mol. The van der Waals surface area contributed by atoms with Crippen molar-refractivity contribution >= 4 is 45.9 Å². The lowest BCUT2D eigenvalue weighted by Gasteiger charge is -2.07. The number of hydrogen-bond acceptors (Lipinski definition) is 6. The van der Waals surface area contributed by atoms with E-state index in [0.717, 1.165) is 0 Å². The molecule has 6 N–H and O–H groups in total. The van der Waals surface area contributed by atoms with Crippen LogP contribution in [0.2, 0.25) is 0 Å². The van der Waals surface area contributed by atoms with Gasteiger partial charge in [0.1, 0.15) is 12.1 Å². The van der Waals surface area contributed by atoms with Gasteiger partial charge in [-0.3, -0.25) is 9.59 Å². The van der Waals surface area contributed by atoms with Gasteiger partial charge in [-0.2, -0.15) is 0 Å². The lowest BCUT2D eigenvalue weighted by atomic mass is 10.4. The van der Waals surface area contributed by atoms with Crippen LogP contribution in [0.3, 0.4) is 0 Å². The van der Waals surface area contributed by atoms with Crippen LogP contribution in [-0.4, -0.2) is 45.7 Å². The standard InChI is InChI=1S/C6H12N2O4S2.ClH/c7-3(5(9)10)1-13-14-2-4(8)6(11)12;/h3-4H,1-2,7-8H2,(H,9,10)(H,11,12);1H/t3-,4-;/m1./s1. The van der Waals surface area contributed by atoms with Crippen molar-refractivity contribution in [3.8, 4) is 0 Å². The van der Waals surface area contributed by atoms with Gasteiger partial charge in [0.05, 0.1) is 0 Å². The molecular weight excluding hydrogens is 264 g/mol. The highest BCUT2D eigenvalue weighted by Gasteiger charge is 2.14. The van der Waals surface area contributed by atoms with Gasteiger partial charge < -0.3 is 21.7 Å². The van der Waals surface area contributed by atoms with Crippen molar-refractivity contribution < 1.29 is 19.8 Å². The zero-order chi connectivity index (χ0) is 11.1. The summed E-state index contributed by atoms with van der Waals surface area (Å²) in [6, 6.07) is -1.85. The monoisotopic (exact) mass is 276 g/mol. The highest BCUT2D eigenvalue weighted by molar-refractivity contribution is 8.76. The number of aliphatic carboxylic acids is 2. The Morgan fingerprint density at radius 3 is 1.47 bits per heavy atom. The molecule has 0 spiro atoms. The topological polar surface area (TPSA) is 127 Å². The van der Waals surface area contributed by atoms with E-state index in [9.17, 15) is 9.59 Å².